The molecular formula is C18H12F2N4OS. The maximum absolute atomic E-state index is 14.2. The van der Waals surface area contributed by atoms with E-state index in [-0.39, 0.29) is 16.1 Å². The Balaban J connectivity index is 1.97. The third kappa shape index (κ3) is 2.55. The number of pyridine rings is 1. The van der Waals surface area contributed by atoms with Crippen molar-refractivity contribution in [2.45, 2.75) is 6.92 Å². The van der Waals surface area contributed by atoms with Crippen LogP contribution in [0.3, 0.4) is 0 Å². The lowest BCUT2D eigenvalue weighted by Gasteiger charge is -2.01. The Labute approximate surface area is 150 Å². The van der Waals surface area contributed by atoms with Gasteiger partial charge in [-0.25, -0.2) is 18.3 Å². The first-order valence-electron chi connectivity index (χ1n) is 7.66. The molecule has 5 nitrogen and oxygen atoms in total. The molecule has 0 unspecified atom stereocenters. The zero-order valence-corrected chi connectivity index (χ0v) is 14.3. The SMILES string of the molecule is Cc1nn2ccccc2c1-c1nc(-c2ccc(F)cc2F)c(C(N)=O)s1. The van der Waals surface area contributed by atoms with Gasteiger partial charge in [-0.2, -0.15) is 5.10 Å². The lowest BCUT2D eigenvalue weighted by molar-refractivity contribution is 0.100. The second-order valence-corrected chi connectivity index (χ2v) is 6.68. The third-order valence-corrected chi connectivity index (χ3v) is 5.05. The summed E-state index contributed by atoms with van der Waals surface area (Å²) in [6.45, 7) is 1.83. The molecule has 3 aromatic heterocycles. The summed E-state index contributed by atoms with van der Waals surface area (Å²) < 4.78 is 29.1. The summed E-state index contributed by atoms with van der Waals surface area (Å²) in [5.41, 5.74) is 7.85. The van der Waals surface area contributed by atoms with Gasteiger partial charge in [0.1, 0.15) is 21.5 Å². The Morgan fingerprint density at radius 1 is 1.23 bits per heavy atom. The van der Waals surface area contributed by atoms with Crippen LogP contribution in [0.2, 0.25) is 0 Å². The summed E-state index contributed by atoms with van der Waals surface area (Å²) in [4.78, 5) is 16.4. The van der Waals surface area contributed by atoms with E-state index in [0.29, 0.717) is 10.7 Å². The maximum Gasteiger partial charge on any atom is 0.261 e. The molecule has 0 fully saturated rings. The minimum Gasteiger partial charge on any atom is -0.365 e. The van der Waals surface area contributed by atoms with Gasteiger partial charge in [-0.1, -0.05) is 6.07 Å². The summed E-state index contributed by atoms with van der Waals surface area (Å²) in [7, 11) is 0. The van der Waals surface area contributed by atoms with Gasteiger partial charge in [-0.3, -0.25) is 4.79 Å². The number of carbonyl (C=O) groups is 1. The average molecular weight is 370 g/mol. The Morgan fingerprint density at radius 3 is 2.77 bits per heavy atom. The van der Waals surface area contributed by atoms with Gasteiger partial charge < -0.3 is 5.73 Å². The molecule has 0 aliphatic carbocycles. The molecule has 8 heteroatoms. The highest BCUT2D eigenvalue weighted by Crippen LogP contribution is 2.37. The minimum absolute atomic E-state index is 0.0248. The van der Waals surface area contributed by atoms with Gasteiger partial charge in [0.2, 0.25) is 0 Å². The maximum atomic E-state index is 14.2. The second kappa shape index (κ2) is 5.99. The van der Waals surface area contributed by atoms with Crippen molar-refractivity contribution in [1.82, 2.24) is 14.6 Å². The van der Waals surface area contributed by atoms with E-state index < -0.39 is 17.5 Å². The molecular weight excluding hydrogens is 358 g/mol. The van der Waals surface area contributed by atoms with E-state index in [1.165, 1.54) is 6.07 Å². The summed E-state index contributed by atoms with van der Waals surface area (Å²) in [6, 6.07) is 8.70. The van der Waals surface area contributed by atoms with E-state index in [0.717, 1.165) is 34.5 Å². The molecule has 0 bridgehead atoms. The number of thiazole rings is 1. The topological polar surface area (TPSA) is 73.3 Å². The number of rotatable bonds is 3. The van der Waals surface area contributed by atoms with E-state index >= 15 is 0 Å². The lowest BCUT2D eigenvalue weighted by Crippen LogP contribution is -2.10. The van der Waals surface area contributed by atoms with Gasteiger partial charge in [-0.15, -0.1) is 11.3 Å². The number of nitrogens with zero attached hydrogens (tertiary/aromatic N) is 3. The Bertz CT molecular complexity index is 1170. The molecule has 1 aromatic carbocycles. The average Bonchev–Trinajstić information content (AvgIpc) is 3.15. The number of hydrogen-bond donors (Lipinski definition) is 1. The van der Waals surface area contributed by atoms with Crippen LogP contribution in [0.25, 0.3) is 27.3 Å². The van der Waals surface area contributed by atoms with Crippen LogP contribution in [0.1, 0.15) is 15.4 Å². The van der Waals surface area contributed by atoms with Gasteiger partial charge >= 0.3 is 0 Å². The molecule has 0 spiro atoms. The molecule has 130 valence electrons. The quantitative estimate of drug-likeness (QED) is 0.596. The van der Waals surface area contributed by atoms with Crippen molar-refractivity contribution in [3.05, 3.63) is 64.8 Å². The van der Waals surface area contributed by atoms with Crippen molar-refractivity contribution in [3.8, 4) is 21.8 Å². The third-order valence-electron chi connectivity index (χ3n) is 3.97. The van der Waals surface area contributed by atoms with Gasteiger partial charge in [0, 0.05) is 17.8 Å². The highest BCUT2D eigenvalue weighted by molar-refractivity contribution is 7.17. The first-order chi connectivity index (χ1) is 12.5. The van der Waals surface area contributed by atoms with E-state index in [9.17, 15) is 13.6 Å². The molecule has 0 aliphatic rings. The van der Waals surface area contributed by atoms with Gasteiger partial charge in [0.15, 0.2) is 0 Å². The Morgan fingerprint density at radius 2 is 2.04 bits per heavy atom. The number of halogens is 2. The molecule has 26 heavy (non-hydrogen) atoms. The molecule has 0 saturated carbocycles. The molecule has 3 heterocycles. The number of aryl methyl sites for hydroxylation is 1. The van der Waals surface area contributed by atoms with Gasteiger partial charge in [-0.05, 0) is 31.2 Å². The minimum atomic E-state index is -0.805. The largest absolute Gasteiger partial charge is 0.365 e. The molecule has 1 amide bonds. The number of carbonyl (C=O) groups excluding carboxylic acids is 1. The number of primary amides is 1. The normalized spacial score (nSPS) is 11.2. The zero-order valence-electron chi connectivity index (χ0n) is 13.5. The van der Waals surface area contributed by atoms with Crippen molar-refractivity contribution >= 4 is 22.8 Å². The van der Waals surface area contributed by atoms with Gasteiger partial charge in [0.05, 0.1) is 22.5 Å². The standard InChI is InChI=1S/C18H12F2N4OS/c1-9-14(13-4-2-3-7-24(13)23-9)18-22-15(16(26-18)17(21)25)11-6-5-10(19)8-12(11)20/h2-8H,1H3,(H2,21,25). The molecule has 0 aliphatic heterocycles. The van der Waals surface area contributed by atoms with Crippen LogP contribution < -0.4 is 5.73 Å². The molecule has 0 radical (unpaired) electrons. The first-order valence-corrected chi connectivity index (χ1v) is 8.47. The van der Waals surface area contributed by atoms with Crippen LogP contribution in [-0.4, -0.2) is 20.5 Å². The van der Waals surface area contributed by atoms with Gasteiger partial charge in [0.25, 0.3) is 5.91 Å². The van der Waals surface area contributed by atoms with Crippen molar-refractivity contribution in [2.24, 2.45) is 5.73 Å². The highest BCUT2D eigenvalue weighted by atomic mass is 32.1. The van der Waals surface area contributed by atoms with Crippen molar-refractivity contribution in [1.29, 1.82) is 0 Å². The van der Waals surface area contributed by atoms with Crippen LogP contribution in [-0.2, 0) is 0 Å². The Kier molecular flexibility index (Phi) is 3.77. The highest BCUT2D eigenvalue weighted by Gasteiger charge is 2.23. The van der Waals surface area contributed by atoms with E-state index in [2.05, 4.69) is 10.1 Å². The van der Waals surface area contributed by atoms with Crippen LogP contribution >= 0.6 is 11.3 Å². The molecule has 4 aromatic rings. The summed E-state index contributed by atoms with van der Waals surface area (Å²) in [6.07, 6.45) is 1.80. The summed E-state index contributed by atoms with van der Waals surface area (Å²) in [5.74, 6) is -2.23. The fourth-order valence-electron chi connectivity index (χ4n) is 2.84. The van der Waals surface area contributed by atoms with Crippen molar-refractivity contribution < 1.29 is 13.6 Å². The number of fused-ring (bicyclic) bond motifs is 1. The predicted molar refractivity (Wildman–Crippen MR) is 94.9 cm³/mol. The van der Waals surface area contributed by atoms with Crippen molar-refractivity contribution in [3.63, 3.8) is 0 Å². The van der Waals surface area contributed by atoms with Crippen LogP contribution in [0.5, 0.6) is 0 Å². The Hall–Kier alpha value is -3.13. The fraction of sp³-hybridized carbons (Fsp3) is 0.0556. The smallest absolute Gasteiger partial charge is 0.261 e. The van der Waals surface area contributed by atoms with E-state index in [1.54, 1.807) is 10.7 Å². The van der Waals surface area contributed by atoms with E-state index in [1.807, 2.05) is 25.1 Å². The number of aromatic nitrogens is 3. The molecule has 0 saturated heterocycles. The van der Waals surface area contributed by atoms with Crippen LogP contribution in [0, 0.1) is 18.6 Å². The predicted octanol–water partition coefficient (Wildman–Crippen LogP) is 3.81. The van der Waals surface area contributed by atoms with Crippen molar-refractivity contribution in [2.75, 3.05) is 0 Å². The van der Waals surface area contributed by atoms with E-state index in [4.69, 9.17) is 5.73 Å². The zero-order chi connectivity index (χ0) is 18.4. The second-order valence-electron chi connectivity index (χ2n) is 5.68. The molecule has 4 rings (SSSR count). The van der Waals surface area contributed by atoms with Crippen LogP contribution in [0.4, 0.5) is 8.78 Å². The fourth-order valence-corrected chi connectivity index (χ4v) is 3.88. The van der Waals surface area contributed by atoms with Crippen LogP contribution in [0.15, 0.2) is 42.6 Å². The lowest BCUT2D eigenvalue weighted by atomic mass is 10.1. The number of amides is 1. The first kappa shape index (κ1) is 16.3. The monoisotopic (exact) mass is 370 g/mol. The number of benzene rings is 1. The number of nitrogens with two attached hydrogens (primary N) is 1. The summed E-state index contributed by atoms with van der Waals surface area (Å²) >= 11 is 1.06. The molecule has 2 N–H and O–H groups in total. The summed E-state index contributed by atoms with van der Waals surface area (Å²) in [5, 5.41) is 4.92. The number of hydrogen-bond acceptors (Lipinski definition) is 4. The molecule has 0 atom stereocenters.